The van der Waals surface area contributed by atoms with Crippen molar-refractivity contribution in [3.05, 3.63) is 46.0 Å². The normalized spacial score (nSPS) is 19.3. The van der Waals surface area contributed by atoms with Crippen LogP contribution >= 0.6 is 11.3 Å². The van der Waals surface area contributed by atoms with Gasteiger partial charge in [0.1, 0.15) is 5.75 Å². The average Bonchev–Trinajstić information content (AvgIpc) is 3.30. The van der Waals surface area contributed by atoms with E-state index >= 15 is 0 Å². The maximum atomic E-state index is 12.9. The lowest BCUT2D eigenvalue weighted by molar-refractivity contribution is 0.0497. The van der Waals surface area contributed by atoms with Gasteiger partial charge in [0.15, 0.2) is 0 Å². The molecule has 0 spiro atoms. The Labute approximate surface area is 212 Å². The number of piperazine rings is 1. The van der Waals surface area contributed by atoms with Crippen LogP contribution in [0.2, 0.25) is 0 Å². The first-order valence-electron chi connectivity index (χ1n) is 12.1. The predicted octanol–water partition coefficient (Wildman–Crippen LogP) is 2.88. The Kier molecular flexibility index (Phi) is 7.64. The van der Waals surface area contributed by atoms with Gasteiger partial charge in [0, 0.05) is 92.3 Å². The maximum absolute atomic E-state index is 12.9. The second kappa shape index (κ2) is 10.9. The molecule has 0 amide bonds. The SMILES string of the molecule is Cn1cc(-c2cncc(OCC3CCOCC3)c2)c2sc(CN3CCN(S(C)=O)CC3)cc2c1=O. The lowest BCUT2D eigenvalue weighted by Crippen LogP contribution is -2.46. The van der Waals surface area contributed by atoms with Crippen molar-refractivity contribution in [3.63, 3.8) is 0 Å². The highest BCUT2D eigenvalue weighted by Crippen LogP contribution is 2.35. The summed E-state index contributed by atoms with van der Waals surface area (Å²) in [6, 6.07) is 4.06. The van der Waals surface area contributed by atoms with Gasteiger partial charge in [0.25, 0.3) is 5.56 Å². The molecule has 2 saturated heterocycles. The zero-order valence-corrected chi connectivity index (χ0v) is 21.9. The first-order chi connectivity index (χ1) is 17.0. The molecule has 0 aromatic carbocycles. The number of hydrogen-bond donors (Lipinski definition) is 0. The second-order valence-corrected chi connectivity index (χ2v) is 11.8. The Morgan fingerprint density at radius 2 is 1.94 bits per heavy atom. The first kappa shape index (κ1) is 24.6. The fourth-order valence-electron chi connectivity index (χ4n) is 4.72. The van der Waals surface area contributed by atoms with Gasteiger partial charge in [-0.1, -0.05) is 0 Å². The topological polar surface area (TPSA) is 76.9 Å². The third-order valence-electron chi connectivity index (χ3n) is 6.83. The van der Waals surface area contributed by atoms with Gasteiger partial charge in [0.2, 0.25) is 0 Å². The molecule has 1 atom stereocenters. The third-order valence-corrected chi connectivity index (χ3v) is 9.07. The van der Waals surface area contributed by atoms with Gasteiger partial charge in [-0.25, -0.2) is 8.51 Å². The van der Waals surface area contributed by atoms with Crippen molar-refractivity contribution in [1.82, 2.24) is 18.8 Å². The minimum absolute atomic E-state index is 0.0114. The molecule has 188 valence electrons. The van der Waals surface area contributed by atoms with Crippen molar-refractivity contribution in [1.29, 1.82) is 0 Å². The van der Waals surface area contributed by atoms with Crippen molar-refractivity contribution < 1.29 is 13.7 Å². The van der Waals surface area contributed by atoms with Gasteiger partial charge in [-0.2, -0.15) is 0 Å². The van der Waals surface area contributed by atoms with E-state index in [1.807, 2.05) is 28.8 Å². The monoisotopic (exact) mass is 516 g/mol. The van der Waals surface area contributed by atoms with E-state index < -0.39 is 11.0 Å². The molecule has 1 unspecified atom stereocenters. The van der Waals surface area contributed by atoms with E-state index in [0.717, 1.165) is 90.6 Å². The summed E-state index contributed by atoms with van der Waals surface area (Å²) in [5.74, 6) is 1.26. The molecule has 0 bridgehead atoms. The van der Waals surface area contributed by atoms with Crippen LogP contribution in [0, 0.1) is 5.92 Å². The first-order valence-corrected chi connectivity index (χ1v) is 14.4. The lowest BCUT2D eigenvalue weighted by atomic mass is 10.0. The van der Waals surface area contributed by atoms with Crippen LogP contribution in [-0.2, 0) is 29.3 Å². The predicted molar refractivity (Wildman–Crippen MR) is 140 cm³/mol. The molecule has 8 nitrogen and oxygen atoms in total. The van der Waals surface area contributed by atoms with E-state index in [1.54, 1.807) is 35.4 Å². The number of nitrogens with zero attached hydrogens (tertiary/aromatic N) is 4. The Bertz CT molecular complexity index is 1260. The van der Waals surface area contributed by atoms with Gasteiger partial charge < -0.3 is 14.0 Å². The van der Waals surface area contributed by atoms with E-state index in [-0.39, 0.29) is 5.56 Å². The molecule has 0 aliphatic carbocycles. The van der Waals surface area contributed by atoms with Crippen LogP contribution in [0.1, 0.15) is 17.7 Å². The van der Waals surface area contributed by atoms with Gasteiger partial charge in [0.05, 0.1) is 29.2 Å². The lowest BCUT2D eigenvalue weighted by Gasteiger charge is -2.32. The molecule has 2 aliphatic rings. The number of hydrogen-bond acceptors (Lipinski definition) is 7. The maximum Gasteiger partial charge on any atom is 0.259 e. The molecule has 10 heteroatoms. The van der Waals surface area contributed by atoms with Crippen LogP contribution in [0.4, 0.5) is 0 Å². The molecular formula is C25H32N4O4S2. The molecule has 2 aliphatic heterocycles. The molecule has 3 aromatic rings. The summed E-state index contributed by atoms with van der Waals surface area (Å²) in [5.41, 5.74) is 1.95. The summed E-state index contributed by atoms with van der Waals surface area (Å²) in [6.07, 6.45) is 9.28. The number of ether oxygens (including phenoxy) is 2. The molecule has 0 saturated carbocycles. The van der Waals surface area contributed by atoms with E-state index in [4.69, 9.17) is 9.47 Å². The van der Waals surface area contributed by atoms with Crippen LogP contribution in [0.3, 0.4) is 0 Å². The highest BCUT2D eigenvalue weighted by Gasteiger charge is 2.21. The fraction of sp³-hybridized carbons (Fsp3) is 0.520. The number of aryl methyl sites for hydroxylation is 1. The Morgan fingerprint density at radius 3 is 2.69 bits per heavy atom. The van der Waals surface area contributed by atoms with Crippen LogP contribution < -0.4 is 10.3 Å². The number of rotatable bonds is 7. The molecule has 0 radical (unpaired) electrons. The minimum atomic E-state index is -0.918. The Balaban J connectivity index is 1.37. The van der Waals surface area contributed by atoms with Crippen molar-refractivity contribution in [2.75, 3.05) is 52.3 Å². The van der Waals surface area contributed by atoms with Crippen LogP contribution in [0.25, 0.3) is 21.2 Å². The van der Waals surface area contributed by atoms with E-state index in [1.165, 1.54) is 0 Å². The number of aromatic nitrogens is 2. The summed E-state index contributed by atoms with van der Waals surface area (Å²) >= 11 is 1.67. The standard InChI is InChI=1S/C25H32N4O4S2/c1-27-16-23(19-11-20(14-26-13-19)33-17-18-3-9-32-10-4-18)24-22(25(27)30)12-21(34-24)15-28-5-7-29(8-6-28)35(2)31/h11-14,16,18H,3-10,15,17H2,1-2H3. The largest absolute Gasteiger partial charge is 0.492 e. The summed E-state index contributed by atoms with van der Waals surface area (Å²) in [6.45, 7) is 6.40. The second-order valence-electron chi connectivity index (χ2n) is 9.32. The van der Waals surface area contributed by atoms with Crippen LogP contribution in [-0.4, -0.2) is 75.2 Å². The van der Waals surface area contributed by atoms with Crippen LogP contribution in [0.15, 0.2) is 35.5 Å². The van der Waals surface area contributed by atoms with Crippen molar-refractivity contribution in [3.8, 4) is 16.9 Å². The van der Waals surface area contributed by atoms with Gasteiger partial charge in [-0.3, -0.25) is 14.7 Å². The summed E-state index contributed by atoms with van der Waals surface area (Å²) in [4.78, 5) is 20.9. The van der Waals surface area contributed by atoms with Crippen molar-refractivity contribution in [2.24, 2.45) is 13.0 Å². The zero-order valence-electron chi connectivity index (χ0n) is 20.3. The van der Waals surface area contributed by atoms with E-state index in [9.17, 15) is 9.00 Å². The van der Waals surface area contributed by atoms with Crippen molar-refractivity contribution in [2.45, 2.75) is 19.4 Å². The number of thiophene rings is 1. The molecule has 3 aromatic heterocycles. The molecule has 2 fully saturated rings. The minimum Gasteiger partial charge on any atom is -0.492 e. The Hall–Kier alpha value is -2.11. The highest BCUT2D eigenvalue weighted by atomic mass is 32.2. The molecular weight excluding hydrogens is 484 g/mol. The molecule has 0 N–H and O–H groups in total. The van der Waals surface area contributed by atoms with Gasteiger partial charge in [-0.05, 0) is 30.9 Å². The fourth-order valence-corrected chi connectivity index (χ4v) is 6.62. The smallest absolute Gasteiger partial charge is 0.259 e. The third kappa shape index (κ3) is 5.67. The van der Waals surface area contributed by atoms with Gasteiger partial charge in [-0.15, -0.1) is 11.3 Å². The summed E-state index contributed by atoms with van der Waals surface area (Å²) in [5, 5.41) is 0.742. The number of fused-ring (bicyclic) bond motifs is 1. The zero-order chi connectivity index (χ0) is 24.4. The average molecular weight is 517 g/mol. The highest BCUT2D eigenvalue weighted by molar-refractivity contribution is 7.81. The van der Waals surface area contributed by atoms with Crippen molar-refractivity contribution >= 4 is 32.4 Å². The molecule has 5 rings (SSSR count). The van der Waals surface area contributed by atoms with E-state index in [2.05, 4.69) is 9.88 Å². The summed E-state index contributed by atoms with van der Waals surface area (Å²) < 4.78 is 27.9. The number of pyridine rings is 2. The molecule has 5 heterocycles. The van der Waals surface area contributed by atoms with E-state index in [0.29, 0.717) is 12.5 Å². The van der Waals surface area contributed by atoms with Crippen LogP contribution in [0.5, 0.6) is 5.75 Å². The summed E-state index contributed by atoms with van der Waals surface area (Å²) in [7, 11) is 0.879. The quantitative estimate of drug-likeness (QED) is 0.481. The Morgan fingerprint density at radius 1 is 1.17 bits per heavy atom. The molecule has 35 heavy (non-hydrogen) atoms. The van der Waals surface area contributed by atoms with Gasteiger partial charge >= 0.3 is 0 Å².